The maximum atomic E-state index is 11.4. The highest BCUT2D eigenvalue weighted by atomic mass is 16.5. The van der Waals surface area contributed by atoms with Crippen LogP contribution in [-0.4, -0.2) is 36.4 Å². The lowest BCUT2D eigenvalue weighted by molar-refractivity contribution is -0.145. The summed E-state index contributed by atoms with van der Waals surface area (Å²) >= 11 is 0. The molecule has 1 aliphatic carbocycles. The third-order valence-corrected chi connectivity index (χ3v) is 4.32. The molecule has 0 heterocycles. The fourth-order valence-corrected chi connectivity index (χ4v) is 2.67. The van der Waals surface area contributed by atoms with E-state index in [2.05, 4.69) is 5.32 Å². The van der Waals surface area contributed by atoms with Crippen molar-refractivity contribution in [1.82, 2.24) is 5.32 Å². The van der Waals surface area contributed by atoms with Crippen molar-refractivity contribution in [1.29, 1.82) is 0 Å². The first-order chi connectivity index (χ1) is 9.14. The monoisotopic (exact) mass is 271 g/mol. The quantitative estimate of drug-likeness (QED) is 0.567. The molecule has 0 amide bonds. The van der Waals surface area contributed by atoms with Crippen molar-refractivity contribution < 1.29 is 14.6 Å². The number of rotatable bonds is 11. The van der Waals surface area contributed by atoms with E-state index in [1.165, 1.54) is 25.7 Å². The molecule has 0 aliphatic heterocycles. The lowest BCUT2D eigenvalue weighted by Crippen LogP contribution is -2.51. The first-order valence-corrected chi connectivity index (χ1v) is 7.70. The molecule has 1 aliphatic rings. The lowest BCUT2D eigenvalue weighted by atomic mass is 9.83. The Morgan fingerprint density at radius 3 is 2.58 bits per heavy atom. The zero-order chi connectivity index (χ0) is 14.1. The minimum absolute atomic E-state index is 0.609. The van der Waals surface area contributed by atoms with Crippen LogP contribution in [0.5, 0.6) is 0 Å². The van der Waals surface area contributed by atoms with Crippen LogP contribution in [-0.2, 0) is 9.53 Å². The highest BCUT2D eigenvalue weighted by Crippen LogP contribution is 2.29. The minimum atomic E-state index is -0.772. The minimum Gasteiger partial charge on any atom is -0.480 e. The van der Waals surface area contributed by atoms with Crippen molar-refractivity contribution in [3.63, 3.8) is 0 Å². The van der Waals surface area contributed by atoms with E-state index >= 15 is 0 Å². The van der Waals surface area contributed by atoms with E-state index in [9.17, 15) is 9.90 Å². The van der Waals surface area contributed by atoms with Gasteiger partial charge in [-0.3, -0.25) is 4.79 Å². The third kappa shape index (κ3) is 5.11. The summed E-state index contributed by atoms with van der Waals surface area (Å²) in [5.74, 6) is 0.141. The van der Waals surface area contributed by atoms with E-state index in [4.69, 9.17) is 4.74 Å². The molecule has 1 saturated carbocycles. The molecule has 4 heteroatoms. The van der Waals surface area contributed by atoms with E-state index < -0.39 is 11.5 Å². The molecule has 2 N–H and O–H groups in total. The van der Waals surface area contributed by atoms with E-state index in [1.807, 2.05) is 13.8 Å². The Hall–Kier alpha value is -0.610. The highest BCUT2D eigenvalue weighted by molar-refractivity contribution is 5.78. The first kappa shape index (κ1) is 16.4. The molecule has 0 radical (unpaired) electrons. The van der Waals surface area contributed by atoms with Crippen LogP contribution in [0.1, 0.15) is 58.8 Å². The number of carboxylic acids is 1. The predicted molar refractivity (Wildman–Crippen MR) is 76.3 cm³/mol. The van der Waals surface area contributed by atoms with Crippen LogP contribution in [0.25, 0.3) is 0 Å². The Labute approximate surface area is 116 Å². The summed E-state index contributed by atoms with van der Waals surface area (Å²) < 4.78 is 5.62. The van der Waals surface area contributed by atoms with Gasteiger partial charge in [0.25, 0.3) is 0 Å². The molecule has 4 nitrogen and oxygen atoms in total. The van der Waals surface area contributed by atoms with Crippen LogP contribution in [0.3, 0.4) is 0 Å². The topological polar surface area (TPSA) is 58.6 Å². The largest absolute Gasteiger partial charge is 0.480 e. The molecule has 19 heavy (non-hydrogen) atoms. The van der Waals surface area contributed by atoms with Crippen molar-refractivity contribution in [2.24, 2.45) is 5.92 Å². The molecule has 1 unspecified atom stereocenters. The highest BCUT2D eigenvalue weighted by Gasteiger charge is 2.34. The van der Waals surface area contributed by atoms with Gasteiger partial charge < -0.3 is 15.2 Å². The van der Waals surface area contributed by atoms with Gasteiger partial charge in [0, 0.05) is 13.2 Å². The van der Waals surface area contributed by atoms with Gasteiger partial charge in [0.2, 0.25) is 0 Å². The van der Waals surface area contributed by atoms with Crippen molar-refractivity contribution >= 4 is 5.97 Å². The van der Waals surface area contributed by atoms with E-state index in [1.54, 1.807) is 0 Å². The summed E-state index contributed by atoms with van der Waals surface area (Å²) in [7, 11) is 0. The summed E-state index contributed by atoms with van der Waals surface area (Å²) in [6.07, 6.45) is 7.33. The van der Waals surface area contributed by atoms with Gasteiger partial charge in [-0.1, -0.05) is 33.1 Å². The molecule has 0 bridgehead atoms. The van der Waals surface area contributed by atoms with Crippen LogP contribution in [0.4, 0.5) is 0 Å². The van der Waals surface area contributed by atoms with E-state index in [-0.39, 0.29) is 0 Å². The molecule has 0 aromatic heterocycles. The van der Waals surface area contributed by atoms with Crippen LogP contribution in [0, 0.1) is 5.92 Å². The number of aliphatic carboxylic acids is 1. The Morgan fingerprint density at radius 2 is 2.11 bits per heavy atom. The fourth-order valence-electron chi connectivity index (χ4n) is 2.67. The third-order valence-electron chi connectivity index (χ3n) is 4.32. The second-order valence-corrected chi connectivity index (χ2v) is 5.57. The number of nitrogens with one attached hydrogen (secondary N) is 1. The van der Waals surface area contributed by atoms with Crippen molar-refractivity contribution in [2.45, 2.75) is 64.3 Å². The standard InChI is InChI=1S/C15H29NO3/c1-3-15(14(17)18,16-4-2)10-6-11-19-12-9-13-7-5-8-13/h13,16H,3-12H2,1-2H3,(H,17,18). The summed E-state index contributed by atoms with van der Waals surface area (Å²) in [5.41, 5.74) is -0.772. The number of likely N-dealkylation sites (N-methyl/N-ethyl adjacent to an activating group) is 1. The number of ether oxygens (including phenoxy) is 1. The molecule has 1 fully saturated rings. The number of hydrogen-bond donors (Lipinski definition) is 2. The molecule has 0 spiro atoms. The van der Waals surface area contributed by atoms with Gasteiger partial charge in [0.15, 0.2) is 0 Å². The van der Waals surface area contributed by atoms with E-state index in [0.717, 1.165) is 18.9 Å². The van der Waals surface area contributed by atoms with Crippen molar-refractivity contribution in [3.05, 3.63) is 0 Å². The molecule has 0 saturated heterocycles. The Morgan fingerprint density at radius 1 is 1.37 bits per heavy atom. The maximum absolute atomic E-state index is 11.4. The zero-order valence-corrected chi connectivity index (χ0v) is 12.4. The smallest absolute Gasteiger partial charge is 0.323 e. The molecule has 1 atom stereocenters. The number of hydrogen-bond acceptors (Lipinski definition) is 3. The van der Waals surface area contributed by atoms with Gasteiger partial charge in [0.1, 0.15) is 5.54 Å². The fraction of sp³-hybridized carbons (Fsp3) is 0.933. The maximum Gasteiger partial charge on any atom is 0.323 e. The SMILES string of the molecule is CCNC(CC)(CCCOCCC1CCC1)C(=O)O. The van der Waals surface area contributed by atoms with Gasteiger partial charge in [-0.2, -0.15) is 0 Å². The van der Waals surface area contributed by atoms with Crippen LogP contribution in [0.2, 0.25) is 0 Å². The molecule has 112 valence electrons. The molecular formula is C15H29NO3. The summed E-state index contributed by atoms with van der Waals surface area (Å²) in [5, 5.41) is 12.5. The molecule has 0 aromatic carbocycles. The van der Waals surface area contributed by atoms with Crippen molar-refractivity contribution in [2.75, 3.05) is 19.8 Å². The average molecular weight is 271 g/mol. The van der Waals surface area contributed by atoms with Gasteiger partial charge in [-0.05, 0) is 38.1 Å². The summed E-state index contributed by atoms with van der Waals surface area (Å²) in [6, 6.07) is 0. The van der Waals surface area contributed by atoms with Gasteiger partial charge in [-0.15, -0.1) is 0 Å². The second kappa shape index (κ2) is 8.54. The average Bonchev–Trinajstić information content (AvgIpc) is 2.33. The van der Waals surface area contributed by atoms with Gasteiger partial charge in [-0.25, -0.2) is 0 Å². The van der Waals surface area contributed by atoms with E-state index in [0.29, 0.717) is 26.0 Å². The predicted octanol–water partition coefficient (Wildman–Crippen LogP) is 2.82. The first-order valence-electron chi connectivity index (χ1n) is 7.70. The molecule has 1 rings (SSSR count). The molecule has 0 aromatic rings. The normalized spacial score (nSPS) is 18.8. The van der Waals surface area contributed by atoms with Crippen LogP contribution in [0.15, 0.2) is 0 Å². The number of carboxylic acid groups (broad SMARTS) is 1. The van der Waals surface area contributed by atoms with Gasteiger partial charge >= 0.3 is 5.97 Å². The Bertz CT molecular complexity index is 266. The van der Waals surface area contributed by atoms with Crippen LogP contribution >= 0.6 is 0 Å². The molecular weight excluding hydrogens is 242 g/mol. The summed E-state index contributed by atoms with van der Waals surface area (Å²) in [4.78, 5) is 11.4. The summed E-state index contributed by atoms with van der Waals surface area (Å²) in [6.45, 7) is 6.06. The lowest BCUT2D eigenvalue weighted by Gasteiger charge is -2.29. The zero-order valence-electron chi connectivity index (χ0n) is 12.4. The van der Waals surface area contributed by atoms with Crippen LogP contribution < -0.4 is 5.32 Å². The Balaban J connectivity index is 2.14. The number of carbonyl (C=O) groups is 1. The van der Waals surface area contributed by atoms with Crippen molar-refractivity contribution in [3.8, 4) is 0 Å². The second-order valence-electron chi connectivity index (χ2n) is 5.57. The Kier molecular flexibility index (Phi) is 7.39. The van der Waals surface area contributed by atoms with Gasteiger partial charge in [0.05, 0.1) is 0 Å².